The molecule has 6 atom stereocenters. The van der Waals surface area contributed by atoms with Crippen molar-refractivity contribution < 1.29 is 0 Å². The maximum absolute atomic E-state index is 2.66. The minimum absolute atomic E-state index is 0.139. The third-order valence-electron chi connectivity index (χ3n) is 28.2. The van der Waals surface area contributed by atoms with Crippen LogP contribution < -0.4 is 0 Å². The fraction of sp³-hybridized carbons (Fsp3) is 0.500. The summed E-state index contributed by atoms with van der Waals surface area (Å²) in [7, 11) is -0.459. The zero-order valence-electron chi connectivity index (χ0n) is 68.2. The Labute approximate surface area is 683 Å². The topological polar surface area (TPSA) is 0 Å². The van der Waals surface area contributed by atoms with Crippen LogP contribution in [0.5, 0.6) is 0 Å². The van der Waals surface area contributed by atoms with Gasteiger partial charge in [-0.1, -0.05) is 320 Å². The molecule has 0 amide bonds. The van der Waals surface area contributed by atoms with Crippen LogP contribution in [0.3, 0.4) is 0 Å². The summed E-state index contributed by atoms with van der Waals surface area (Å²) in [6, 6.07) is 93.9. The fourth-order valence-corrected chi connectivity index (χ4v) is 28.0. The Hall–Kier alpha value is -5.97. The maximum atomic E-state index is 2.66. The molecular weight excluding hydrogens is 1390 g/mol. The largest absolute Gasteiger partial charge is 0.166 e. The van der Waals surface area contributed by atoms with Gasteiger partial charge >= 0.3 is 0 Å². The molecule has 9 aromatic carbocycles. The molecule has 0 aromatic heterocycles. The molecule has 0 radical (unpaired) electrons. The highest BCUT2D eigenvalue weighted by Crippen LogP contribution is 2.46. The quantitative estimate of drug-likeness (QED) is 0.0797. The summed E-state index contributed by atoms with van der Waals surface area (Å²) in [5, 5.41) is 0. The van der Waals surface area contributed by atoms with Crippen molar-refractivity contribution in [3.63, 3.8) is 0 Å². The molecule has 111 heavy (non-hydrogen) atoms. The van der Waals surface area contributed by atoms with Gasteiger partial charge in [0.1, 0.15) is 0 Å². The molecule has 0 aliphatic heterocycles. The monoisotopic (exact) mass is 1530 g/mol. The van der Waals surface area contributed by atoms with Crippen LogP contribution in [0.2, 0.25) is 0 Å². The molecule has 3 heteroatoms. The molecule has 6 aliphatic rings. The van der Waals surface area contributed by atoms with Gasteiger partial charge in [0.15, 0.2) is 44.1 Å². The SMILES string of the molecule is c1ccc([S+](c2ccc(C3CCCCCCCCC3)cc2)c2ccc(C3CCCCCC(c4cccc([S+](c5ccccc5)c5ccc(C6CCCCC(C7CCCCCC(c8ccc([S+](c9ccc(C%10CCCCCCC%10)cc9)c9ccc(C%10CCCCCCC%10)cc9)cc8)C7)CCCC6)cc5)c4)CCC3)cc2)cc1. The molecule has 9 aromatic rings. The lowest BCUT2D eigenvalue weighted by molar-refractivity contribution is 0.212. The van der Waals surface area contributed by atoms with Crippen molar-refractivity contribution >= 4 is 32.7 Å². The molecule has 6 unspecified atom stereocenters. The van der Waals surface area contributed by atoms with E-state index in [1.807, 2.05) is 0 Å². The first kappa shape index (κ1) is 80.2. The molecule has 0 spiro atoms. The smallest absolute Gasteiger partial charge is 0.0619 e. The van der Waals surface area contributed by atoms with Gasteiger partial charge in [0.2, 0.25) is 0 Å². The van der Waals surface area contributed by atoms with Crippen molar-refractivity contribution in [2.24, 2.45) is 11.8 Å². The normalized spacial score (nSPS) is 23.6. The van der Waals surface area contributed by atoms with Crippen LogP contribution in [0, 0.1) is 11.8 Å². The van der Waals surface area contributed by atoms with E-state index in [1.54, 1.807) is 38.9 Å². The highest BCUT2D eigenvalue weighted by Gasteiger charge is 2.36. The van der Waals surface area contributed by atoms with Gasteiger partial charge in [-0.25, -0.2) is 0 Å². The predicted molar refractivity (Wildman–Crippen MR) is 478 cm³/mol. The van der Waals surface area contributed by atoms with Gasteiger partial charge in [0.25, 0.3) is 0 Å². The minimum atomic E-state index is -0.179. The van der Waals surface area contributed by atoms with E-state index in [1.165, 1.54) is 333 Å². The molecule has 0 N–H and O–H groups in total. The molecule has 0 saturated heterocycles. The highest BCUT2D eigenvalue weighted by molar-refractivity contribution is 7.97. The Morgan fingerprint density at radius 2 is 0.351 bits per heavy atom. The third kappa shape index (κ3) is 22.4. The lowest BCUT2D eigenvalue weighted by Gasteiger charge is -2.34. The molecule has 6 fully saturated rings. The van der Waals surface area contributed by atoms with Gasteiger partial charge in [-0.05, 0) is 291 Å². The second-order valence-electron chi connectivity index (χ2n) is 35.7. The average Bonchev–Trinajstić information content (AvgIpc) is 0.801. The lowest BCUT2D eigenvalue weighted by Crippen LogP contribution is -2.21. The van der Waals surface area contributed by atoms with Gasteiger partial charge in [0, 0.05) is 0 Å². The summed E-state index contributed by atoms with van der Waals surface area (Å²) in [6.07, 6.45) is 61.8. The molecule has 6 saturated carbocycles. The van der Waals surface area contributed by atoms with Crippen LogP contribution in [-0.4, -0.2) is 0 Å². The van der Waals surface area contributed by atoms with Crippen molar-refractivity contribution in [2.75, 3.05) is 0 Å². The molecule has 0 heterocycles. The highest BCUT2D eigenvalue weighted by atomic mass is 32.2. The Bertz CT molecular complexity index is 4020. The summed E-state index contributed by atoms with van der Waals surface area (Å²) in [6.45, 7) is 0. The Morgan fingerprint density at radius 1 is 0.144 bits per heavy atom. The number of rotatable bonds is 17. The fourth-order valence-electron chi connectivity index (χ4n) is 21.7. The minimum Gasteiger partial charge on any atom is -0.0619 e. The van der Waals surface area contributed by atoms with Gasteiger partial charge < -0.3 is 0 Å². The Kier molecular flexibility index (Phi) is 30.8. The lowest BCUT2D eigenvalue weighted by atomic mass is 9.72. The number of benzene rings is 9. The second-order valence-corrected chi connectivity index (χ2v) is 41.8. The molecule has 6 aliphatic carbocycles. The van der Waals surface area contributed by atoms with E-state index in [-0.39, 0.29) is 32.7 Å². The van der Waals surface area contributed by atoms with E-state index in [4.69, 9.17) is 0 Å². The van der Waals surface area contributed by atoms with E-state index >= 15 is 0 Å². The molecule has 15 rings (SSSR count). The van der Waals surface area contributed by atoms with Crippen LogP contribution in [0.25, 0.3) is 0 Å². The van der Waals surface area contributed by atoms with E-state index in [2.05, 4.69) is 231 Å². The summed E-state index contributed by atoms with van der Waals surface area (Å²) < 4.78 is 0. The van der Waals surface area contributed by atoms with Crippen LogP contribution in [0.1, 0.15) is 369 Å². The first-order valence-electron chi connectivity index (χ1n) is 46.1. The van der Waals surface area contributed by atoms with Gasteiger partial charge in [-0.15, -0.1) is 0 Å². The third-order valence-corrected chi connectivity index (χ3v) is 34.9. The molecule has 584 valence electrons. The van der Waals surface area contributed by atoms with Gasteiger partial charge in [-0.3, -0.25) is 0 Å². The van der Waals surface area contributed by atoms with E-state index in [0.29, 0.717) is 29.6 Å². The summed E-state index contributed by atoms with van der Waals surface area (Å²) in [5.41, 5.74) is 11.0. The van der Waals surface area contributed by atoms with Crippen molar-refractivity contribution in [1.29, 1.82) is 0 Å². The van der Waals surface area contributed by atoms with Crippen molar-refractivity contribution in [1.82, 2.24) is 0 Å². The summed E-state index contributed by atoms with van der Waals surface area (Å²) in [4.78, 5) is 13.1. The standard InChI is InChI=1S/C108H137S3/c1-2-6-16-36-84(37-17-7-3-1)91-58-70-102(71-59-91)109(100-53-26-14-27-54-100)103-72-64-95(65-73-103)88-42-22-12-23-43-90(51-34-50-88)99-52-35-57-108(83-99)111(101-55-28-15-29-56-101)107-78-66-94(67-79-107)87-44-30-32-46-89(47-33-31-45-87)97-48-24-13-25-49-98(82-97)96-68-80-106(81-69-96)110(104-74-60-92(61-75-104)85-38-18-8-4-9-19-39-85)105-76-62-93(63-77-105)86-40-20-10-5-11-21-41-86/h14-15,26-29,35,52-81,83-90,97-98H,1-13,16-25,30-34,36-51,82H2/q+3. The zero-order chi connectivity index (χ0) is 74.9. The maximum Gasteiger partial charge on any atom is 0.166 e. The van der Waals surface area contributed by atoms with Crippen LogP contribution >= 0.6 is 0 Å². The molecule has 0 bridgehead atoms. The Morgan fingerprint density at radius 3 is 0.676 bits per heavy atom. The van der Waals surface area contributed by atoms with Crippen molar-refractivity contribution in [2.45, 2.75) is 374 Å². The van der Waals surface area contributed by atoms with Crippen LogP contribution in [0.4, 0.5) is 0 Å². The Balaban J connectivity index is 0.573. The van der Waals surface area contributed by atoms with E-state index < -0.39 is 0 Å². The van der Waals surface area contributed by atoms with Gasteiger partial charge in [0.05, 0.1) is 32.7 Å². The predicted octanol–water partition coefficient (Wildman–Crippen LogP) is 32.8. The van der Waals surface area contributed by atoms with Crippen LogP contribution in [-0.2, 0) is 32.7 Å². The molecular formula is C108H137S3+3. The number of hydrogen-bond acceptors (Lipinski definition) is 0. The first-order chi connectivity index (χ1) is 55.1. The summed E-state index contributed by atoms with van der Waals surface area (Å²) in [5.74, 6) is 6.39. The first-order valence-corrected chi connectivity index (χ1v) is 49.8. The zero-order valence-corrected chi connectivity index (χ0v) is 70.6. The van der Waals surface area contributed by atoms with Crippen LogP contribution in [0.15, 0.2) is 275 Å². The van der Waals surface area contributed by atoms with Crippen molar-refractivity contribution in [3.05, 3.63) is 269 Å². The number of hydrogen-bond donors (Lipinski definition) is 0. The molecule has 0 nitrogen and oxygen atoms in total. The van der Waals surface area contributed by atoms with E-state index in [0.717, 1.165) is 23.7 Å². The van der Waals surface area contributed by atoms with Crippen molar-refractivity contribution in [3.8, 4) is 0 Å². The van der Waals surface area contributed by atoms with E-state index in [9.17, 15) is 0 Å². The average molecular weight is 1530 g/mol. The second kappa shape index (κ2) is 42.6. The van der Waals surface area contributed by atoms with Gasteiger partial charge in [-0.2, -0.15) is 0 Å². The summed E-state index contributed by atoms with van der Waals surface area (Å²) >= 11 is 0.